The molecule has 0 saturated carbocycles. The highest BCUT2D eigenvalue weighted by Gasteiger charge is 2.28. The van der Waals surface area contributed by atoms with Crippen LogP contribution in [0.25, 0.3) is 0 Å². The largest absolute Gasteiger partial charge is 0.454 e. The third-order valence-corrected chi connectivity index (χ3v) is 7.04. The summed E-state index contributed by atoms with van der Waals surface area (Å²) >= 11 is 2.08. The van der Waals surface area contributed by atoms with Gasteiger partial charge in [0, 0.05) is 3.57 Å². The zero-order valence-corrected chi connectivity index (χ0v) is 17.9. The number of rotatable bonds is 5. The van der Waals surface area contributed by atoms with Gasteiger partial charge < -0.3 is 4.74 Å². The maximum Gasteiger partial charge on any atom is 0.166 e. The summed E-state index contributed by atoms with van der Waals surface area (Å²) < 4.78 is 20.6. The molecule has 0 aromatic heterocycles. The standard InChI is InChI=1S/C24H17FIOS/c25-23-17-18(26)11-16-24(23)27-19-12-14-22(15-13-19)28(20-7-3-1-4-8-20)21-9-5-2-6-10-21/h1-17H/q+1. The average molecular weight is 499 g/mol. The number of benzene rings is 4. The van der Waals surface area contributed by atoms with Crippen molar-refractivity contribution in [3.05, 3.63) is 113 Å². The van der Waals surface area contributed by atoms with Crippen molar-refractivity contribution in [1.29, 1.82) is 0 Å². The van der Waals surface area contributed by atoms with Gasteiger partial charge >= 0.3 is 0 Å². The summed E-state index contributed by atoms with van der Waals surface area (Å²) in [4.78, 5) is 3.70. The molecule has 0 amide bonds. The van der Waals surface area contributed by atoms with Crippen molar-refractivity contribution in [3.63, 3.8) is 0 Å². The zero-order chi connectivity index (χ0) is 19.3. The predicted octanol–water partition coefficient (Wildman–Crippen LogP) is 7.32. The van der Waals surface area contributed by atoms with E-state index in [0.717, 1.165) is 3.57 Å². The third-order valence-electron chi connectivity index (χ3n) is 4.14. The molecule has 0 heterocycles. The van der Waals surface area contributed by atoms with Crippen LogP contribution in [0.2, 0.25) is 0 Å². The van der Waals surface area contributed by atoms with Gasteiger partial charge in [-0.3, -0.25) is 0 Å². The Labute approximate surface area is 180 Å². The van der Waals surface area contributed by atoms with Crippen molar-refractivity contribution in [3.8, 4) is 11.5 Å². The molecule has 0 unspecified atom stereocenters. The maximum atomic E-state index is 14.1. The van der Waals surface area contributed by atoms with Gasteiger partial charge in [0.15, 0.2) is 26.3 Å². The van der Waals surface area contributed by atoms with Gasteiger partial charge in [-0.2, -0.15) is 0 Å². The van der Waals surface area contributed by atoms with Gasteiger partial charge in [-0.15, -0.1) is 0 Å². The normalized spacial score (nSPS) is 10.8. The van der Waals surface area contributed by atoms with E-state index in [4.69, 9.17) is 4.74 Å². The fourth-order valence-electron chi connectivity index (χ4n) is 2.85. The topological polar surface area (TPSA) is 9.23 Å². The molecule has 0 spiro atoms. The summed E-state index contributed by atoms with van der Waals surface area (Å²) in [6.45, 7) is 0. The quantitative estimate of drug-likeness (QED) is 0.207. The predicted molar refractivity (Wildman–Crippen MR) is 121 cm³/mol. The Morgan fingerprint density at radius 1 is 0.643 bits per heavy atom. The Morgan fingerprint density at radius 3 is 1.71 bits per heavy atom. The molecule has 28 heavy (non-hydrogen) atoms. The molecule has 0 fully saturated rings. The number of halogens is 2. The number of hydrogen-bond acceptors (Lipinski definition) is 1. The van der Waals surface area contributed by atoms with Crippen molar-refractivity contribution < 1.29 is 9.13 Å². The fraction of sp³-hybridized carbons (Fsp3) is 0. The molecular weight excluding hydrogens is 482 g/mol. The molecule has 0 saturated heterocycles. The summed E-state index contributed by atoms with van der Waals surface area (Å²) in [5.74, 6) is 0.496. The lowest BCUT2D eigenvalue weighted by Gasteiger charge is -2.10. The van der Waals surface area contributed by atoms with E-state index in [9.17, 15) is 4.39 Å². The van der Waals surface area contributed by atoms with Crippen LogP contribution in [-0.4, -0.2) is 0 Å². The highest BCUT2D eigenvalue weighted by Crippen LogP contribution is 2.33. The molecular formula is C24H17FIOS+. The Morgan fingerprint density at radius 2 is 1.18 bits per heavy atom. The molecule has 4 aromatic rings. The van der Waals surface area contributed by atoms with Crippen LogP contribution in [-0.2, 0) is 10.9 Å². The van der Waals surface area contributed by atoms with Crippen LogP contribution in [0.3, 0.4) is 0 Å². The second-order valence-electron chi connectivity index (χ2n) is 6.08. The van der Waals surface area contributed by atoms with Crippen molar-refractivity contribution in [1.82, 2.24) is 0 Å². The van der Waals surface area contributed by atoms with E-state index in [1.54, 1.807) is 6.07 Å². The Kier molecular flexibility index (Phi) is 5.98. The lowest BCUT2D eigenvalue weighted by atomic mass is 10.3. The summed E-state index contributed by atoms with van der Waals surface area (Å²) in [6.07, 6.45) is 0. The Balaban J connectivity index is 1.65. The van der Waals surface area contributed by atoms with Crippen LogP contribution in [0.4, 0.5) is 4.39 Å². The molecule has 0 atom stereocenters. The minimum absolute atomic E-state index is 0.207. The van der Waals surface area contributed by atoms with Gasteiger partial charge in [-0.1, -0.05) is 36.4 Å². The second-order valence-corrected chi connectivity index (χ2v) is 9.35. The van der Waals surface area contributed by atoms with Gasteiger partial charge in [0.05, 0.1) is 10.9 Å². The Bertz CT molecular complexity index is 1010. The van der Waals surface area contributed by atoms with E-state index in [2.05, 4.69) is 83.3 Å². The molecule has 1 nitrogen and oxygen atoms in total. The van der Waals surface area contributed by atoms with Gasteiger partial charge in [-0.05, 0) is 89.3 Å². The minimum Gasteiger partial charge on any atom is -0.454 e. The van der Waals surface area contributed by atoms with Crippen molar-refractivity contribution in [2.45, 2.75) is 14.7 Å². The van der Waals surface area contributed by atoms with Gasteiger partial charge in [0.25, 0.3) is 0 Å². The highest BCUT2D eigenvalue weighted by molar-refractivity contribution is 14.1. The first-order valence-electron chi connectivity index (χ1n) is 8.78. The highest BCUT2D eigenvalue weighted by atomic mass is 127. The first kappa shape index (κ1) is 19.0. The molecule has 4 rings (SSSR count). The number of hydrogen-bond donors (Lipinski definition) is 0. The summed E-state index contributed by atoms with van der Waals surface area (Å²) in [7, 11) is -0.207. The van der Waals surface area contributed by atoms with E-state index in [1.807, 2.05) is 30.3 Å². The molecule has 4 aromatic carbocycles. The molecule has 0 aliphatic rings. The molecule has 0 aliphatic carbocycles. The first-order chi connectivity index (χ1) is 13.7. The van der Waals surface area contributed by atoms with E-state index < -0.39 is 0 Å². The van der Waals surface area contributed by atoms with Crippen LogP contribution in [0.1, 0.15) is 0 Å². The maximum absolute atomic E-state index is 14.1. The van der Waals surface area contributed by atoms with Crippen molar-refractivity contribution >= 4 is 33.5 Å². The second kappa shape index (κ2) is 8.80. The summed E-state index contributed by atoms with van der Waals surface area (Å²) in [6, 6.07) is 33.8. The first-order valence-corrected chi connectivity index (χ1v) is 11.1. The molecule has 0 N–H and O–H groups in total. The zero-order valence-electron chi connectivity index (χ0n) is 14.9. The van der Waals surface area contributed by atoms with E-state index in [0.29, 0.717) is 5.75 Å². The molecule has 0 aliphatic heterocycles. The van der Waals surface area contributed by atoms with Crippen LogP contribution in [0.5, 0.6) is 11.5 Å². The van der Waals surface area contributed by atoms with Crippen molar-refractivity contribution in [2.24, 2.45) is 0 Å². The van der Waals surface area contributed by atoms with Crippen LogP contribution in [0.15, 0.2) is 118 Å². The van der Waals surface area contributed by atoms with Gasteiger partial charge in [-0.25, -0.2) is 4.39 Å². The smallest absolute Gasteiger partial charge is 0.166 e. The third kappa shape index (κ3) is 4.39. The fourth-order valence-corrected chi connectivity index (χ4v) is 5.39. The van der Waals surface area contributed by atoms with Gasteiger partial charge in [0.1, 0.15) is 5.75 Å². The van der Waals surface area contributed by atoms with Crippen LogP contribution >= 0.6 is 22.6 Å². The average Bonchev–Trinajstić information content (AvgIpc) is 2.73. The summed E-state index contributed by atoms with van der Waals surface area (Å²) in [5.41, 5.74) is 0. The minimum atomic E-state index is -0.357. The molecule has 4 heteroatoms. The van der Waals surface area contributed by atoms with Crippen LogP contribution in [0, 0.1) is 9.39 Å². The SMILES string of the molecule is Fc1cc(I)ccc1Oc1ccc([S+](c2ccccc2)c2ccccc2)cc1. The van der Waals surface area contributed by atoms with E-state index >= 15 is 0 Å². The van der Waals surface area contributed by atoms with E-state index in [-0.39, 0.29) is 22.5 Å². The Hall–Kier alpha value is -2.31. The lowest BCUT2D eigenvalue weighted by molar-refractivity contribution is 0.441. The number of ether oxygens (including phenoxy) is 1. The monoisotopic (exact) mass is 499 g/mol. The summed E-state index contributed by atoms with van der Waals surface area (Å²) in [5, 5.41) is 0. The van der Waals surface area contributed by atoms with E-state index in [1.165, 1.54) is 20.8 Å². The van der Waals surface area contributed by atoms with Crippen LogP contribution < -0.4 is 4.74 Å². The molecule has 138 valence electrons. The lowest BCUT2D eigenvalue weighted by Crippen LogP contribution is -2.04. The van der Waals surface area contributed by atoms with Gasteiger partial charge in [0.2, 0.25) is 0 Å². The molecule has 0 radical (unpaired) electrons. The molecule has 0 bridgehead atoms. The van der Waals surface area contributed by atoms with Crippen molar-refractivity contribution in [2.75, 3.05) is 0 Å².